The van der Waals surface area contributed by atoms with Crippen LogP contribution in [0.2, 0.25) is 5.02 Å². The van der Waals surface area contributed by atoms with E-state index in [-0.39, 0.29) is 11.8 Å². The van der Waals surface area contributed by atoms with Crippen LogP contribution in [-0.2, 0) is 4.79 Å². The van der Waals surface area contributed by atoms with E-state index in [1.165, 1.54) is 0 Å². The summed E-state index contributed by atoms with van der Waals surface area (Å²) in [4.78, 5) is 25.2. The van der Waals surface area contributed by atoms with E-state index in [1.54, 1.807) is 55.3 Å². The number of rotatable bonds is 8. The fourth-order valence-corrected chi connectivity index (χ4v) is 3.04. The summed E-state index contributed by atoms with van der Waals surface area (Å²) in [6, 6.07) is 11.4. The summed E-state index contributed by atoms with van der Waals surface area (Å²) in [7, 11) is 1.56. The lowest BCUT2D eigenvalue weighted by Gasteiger charge is -2.18. The molecule has 0 bridgehead atoms. The van der Waals surface area contributed by atoms with Crippen molar-refractivity contribution < 1.29 is 14.3 Å². The first-order chi connectivity index (χ1) is 12.9. The molecule has 5 nitrogen and oxygen atoms in total. The quantitative estimate of drug-likeness (QED) is 0.691. The number of amides is 2. The second-order valence-corrected chi connectivity index (χ2v) is 7.38. The summed E-state index contributed by atoms with van der Waals surface area (Å²) in [5.74, 6) is 0.835. The molecule has 0 aromatic heterocycles. The van der Waals surface area contributed by atoms with Crippen LogP contribution in [-0.4, -0.2) is 37.0 Å². The van der Waals surface area contributed by atoms with Crippen LogP contribution in [0.25, 0.3) is 0 Å². The molecule has 0 saturated carbocycles. The first-order valence-electron chi connectivity index (χ1n) is 8.45. The Morgan fingerprint density at radius 3 is 2.48 bits per heavy atom. The number of carbonyl (C=O) groups is 2. The minimum absolute atomic E-state index is 0.272. The Morgan fingerprint density at radius 1 is 1.19 bits per heavy atom. The molecule has 2 aromatic rings. The lowest BCUT2D eigenvalue weighted by molar-refractivity contribution is -0.118. The molecule has 0 aliphatic heterocycles. The van der Waals surface area contributed by atoms with Crippen molar-refractivity contribution in [2.45, 2.75) is 19.4 Å². The van der Waals surface area contributed by atoms with Gasteiger partial charge in [-0.15, -0.1) is 0 Å². The number of halogens is 1. The molecular weight excluding hydrogens is 384 g/mol. The molecule has 0 fully saturated rings. The molecule has 27 heavy (non-hydrogen) atoms. The Morgan fingerprint density at radius 2 is 1.89 bits per heavy atom. The molecule has 0 radical (unpaired) electrons. The van der Waals surface area contributed by atoms with Crippen LogP contribution < -0.4 is 15.4 Å². The van der Waals surface area contributed by atoms with Gasteiger partial charge in [0.25, 0.3) is 5.91 Å². The largest absolute Gasteiger partial charge is 0.497 e. The lowest BCUT2D eigenvalue weighted by Crippen LogP contribution is -2.44. The summed E-state index contributed by atoms with van der Waals surface area (Å²) in [6.07, 6.45) is 2.48. The van der Waals surface area contributed by atoms with Crippen molar-refractivity contribution >= 4 is 40.9 Å². The molecule has 7 heteroatoms. The zero-order valence-corrected chi connectivity index (χ0v) is 17.1. The number of benzene rings is 2. The molecular formula is C20H23ClN2O3S. The predicted octanol–water partition coefficient (Wildman–Crippen LogP) is 4.15. The minimum atomic E-state index is -0.646. The smallest absolute Gasteiger partial charge is 0.251 e. The van der Waals surface area contributed by atoms with Gasteiger partial charge in [-0.25, -0.2) is 0 Å². The normalized spacial score (nSPS) is 11.6. The lowest BCUT2D eigenvalue weighted by atomic mass is 10.1. The van der Waals surface area contributed by atoms with Gasteiger partial charge < -0.3 is 15.4 Å². The number of thioether (sulfide) groups is 1. The standard InChI is InChI=1S/C20H23ClN2O3S/c1-13-4-7-15(12-17(13)21)22-20(25)18(10-11-27-3)23-19(24)14-5-8-16(26-2)9-6-14/h4-9,12,18H,10-11H2,1-3H3,(H,22,25)(H,23,24)/t18-/m1/s1. The van der Waals surface area contributed by atoms with Crippen LogP contribution in [0.5, 0.6) is 5.75 Å². The van der Waals surface area contributed by atoms with Crippen molar-refractivity contribution in [2.75, 3.05) is 24.4 Å². The predicted molar refractivity (Wildman–Crippen MR) is 112 cm³/mol. The van der Waals surface area contributed by atoms with Gasteiger partial charge in [-0.3, -0.25) is 9.59 Å². The number of anilines is 1. The third-order valence-corrected chi connectivity index (χ3v) is 5.08. The number of carbonyl (C=O) groups excluding carboxylic acids is 2. The van der Waals surface area contributed by atoms with Gasteiger partial charge in [0, 0.05) is 16.3 Å². The van der Waals surface area contributed by atoms with E-state index in [0.717, 1.165) is 11.3 Å². The molecule has 0 aliphatic rings. The van der Waals surface area contributed by atoms with Crippen LogP contribution in [0, 0.1) is 6.92 Å². The Bertz CT molecular complexity index is 796. The zero-order chi connectivity index (χ0) is 19.8. The average molecular weight is 407 g/mol. The number of aryl methyl sites for hydroxylation is 1. The van der Waals surface area contributed by atoms with E-state index >= 15 is 0 Å². The van der Waals surface area contributed by atoms with E-state index in [0.29, 0.717) is 28.4 Å². The molecule has 2 amide bonds. The second-order valence-electron chi connectivity index (χ2n) is 5.99. The number of hydrogen-bond donors (Lipinski definition) is 2. The molecule has 2 N–H and O–H groups in total. The van der Waals surface area contributed by atoms with Crippen molar-refractivity contribution in [3.63, 3.8) is 0 Å². The maximum atomic E-state index is 12.7. The Balaban J connectivity index is 2.08. The minimum Gasteiger partial charge on any atom is -0.497 e. The number of methoxy groups -OCH3 is 1. The molecule has 2 rings (SSSR count). The monoisotopic (exact) mass is 406 g/mol. The van der Waals surface area contributed by atoms with Crippen molar-refractivity contribution in [1.29, 1.82) is 0 Å². The van der Waals surface area contributed by atoms with Crippen LogP contribution in [0.3, 0.4) is 0 Å². The molecule has 0 unspecified atom stereocenters. The van der Waals surface area contributed by atoms with Crippen LogP contribution in [0.4, 0.5) is 5.69 Å². The fourth-order valence-electron chi connectivity index (χ4n) is 2.39. The molecule has 1 atom stereocenters. The van der Waals surface area contributed by atoms with Crippen LogP contribution in [0.15, 0.2) is 42.5 Å². The van der Waals surface area contributed by atoms with Gasteiger partial charge in [0.15, 0.2) is 0 Å². The van der Waals surface area contributed by atoms with Gasteiger partial charge in [-0.05, 0) is 67.3 Å². The molecule has 2 aromatic carbocycles. The topological polar surface area (TPSA) is 67.4 Å². The number of ether oxygens (including phenoxy) is 1. The zero-order valence-electron chi connectivity index (χ0n) is 15.5. The molecule has 144 valence electrons. The van der Waals surface area contributed by atoms with Crippen molar-refractivity contribution in [1.82, 2.24) is 5.32 Å². The molecule has 0 heterocycles. The van der Waals surface area contributed by atoms with E-state index in [9.17, 15) is 9.59 Å². The average Bonchev–Trinajstić information content (AvgIpc) is 2.67. The SMILES string of the molecule is COc1ccc(C(=O)N[C@H](CCSC)C(=O)Nc2ccc(C)c(Cl)c2)cc1. The van der Waals surface area contributed by atoms with E-state index in [2.05, 4.69) is 10.6 Å². The van der Waals surface area contributed by atoms with Crippen molar-refractivity contribution in [3.8, 4) is 5.75 Å². The maximum Gasteiger partial charge on any atom is 0.251 e. The van der Waals surface area contributed by atoms with Crippen LogP contribution >= 0.6 is 23.4 Å². The first kappa shape index (κ1) is 21.1. The molecule has 0 saturated heterocycles. The number of hydrogen-bond acceptors (Lipinski definition) is 4. The van der Waals surface area contributed by atoms with Gasteiger partial charge in [0.05, 0.1) is 7.11 Å². The highest BCUT2D eigenvalue weighted by Gasteiger charge is 2.21. The van der Waals surface area contributed by atoms with Gasteiger partial charge in [0.2, 0.25) is 5.91 Å². The van der Waals surface area contributed by atoms with Crippen molar-refractivity contribution in [3.05, 3.63) is 58.6 Å². The van der Waals surface area contributed by atoms with E-state index in [4.69, 9.17) is 16.3 Å². The fraction of sp³-hybridized carbons (Fsp3) is 0.300. The van der Waals surface area contributed by atoms with Crippen molar-refractivity contribution in [2.24, 2.45) is 0 Å². The third-order valence-electron chi connectivity index (χ3n) is 4.02. The van der Waals surface area contributed by atoms with Gasteiger partial charge >= 0.3 is 0 Å². The Labute approximate surface area is 168 Å². The van der Waals surface area contributed by atoms with E-state index < -0.39 is 6.04 Å². The highest BCUT2D eigenvalue weighted by molar-refractivity contribution is 7.98. The summed E-state index contributed by atoms with van der Waals surface area (Å²) in [6.45, 7) is 1.89. The Hall–Kier alpha value is -2.18. The second kappa shape index (κ2) is 10.2. The summed E-state index contributed by atoms with van der Waals surface area (Å²) < 4.78 is 5.10. The van der Waals surface area contributed by atoms with Gasteiger partial charge in [-0.1, -0.05) is 17.7 Å². The third kappa shape index (κ3) is 6.19. The van der Waals surface area contributed by atoms with Gasteiger partial charge in [0.1, 0.15) is 11.8 Å². The summed E-state index contributed by atoms with van der Waals surface area (Å²) >= 11 is 7.73. The maximum absolute atomic E-state index is 12.7. The highest BCUT2D eigenvalue weighted by Crippen LogP contribution is 2.20. The van der Waals surface area contributed by atoms with E-state index in [1.807, 2.05) is 19.2 Å². The number of nitrogens with one attached hydrogen (secondary N) is 2. The Kier molecular flexibility index (Phi) is 8.00. The molecule has 0 spiro atoms. The van der Waals surface area contributed by atoms with Crippen LogP contribution in [0.1, 0.15) is 22.3 Å². The first-order valence-corrected chi connectivity index (χ1v) is 10.2. The summed E-state index contributed by atoms with van der Waals surface area (Å²) in [5, 5.41) is 6.22. The summed E-state index contributed by atoms with van der Waals surface area (Å²) in [5.41, 5.74) is 2.00. The molecule has 0 aliphatic carbocycles. The highest BCUT2D eigenvalue weighted by atomic mass is 35.5. The van der Waals surface area contributed by atoms with Gasteiger partial charge in [-0.2, -0.15) is 11.8 Å².